The van der Waals surface area contributed by atoms with E-state index in [0.717, 1.165) is 37.4 Å². The fourth-order valence-electron chi connectivity index (χ4n) is 6.46. The van der Waals surface area contributed by atoms with Crippen molar-refractivity contribution < 1.29 is 9.84 Å². The van der Waals surface area contributed by atoms with Crippen LogP contribution in [-0.4, -0.2) is 48.0 Å². The highest BCUT2D eigenvalue weighted by Gasteiger charge is 2.54. The van der Waals surface area contributed by atoms with Gasteiger partial charge in [-0.05, 0) is 75.5 Å². The first-order valence-corrected chi connectivity index (χ1v) is 9.08. The van der Waals surface area contributed by atoms with E-state index in [1.165, 1.54) is 38.5 Å². The maximum atomic E-state index is 11.1. The average Bonchev–Trinajstić information content (AvgIpc) is 2.35. The topological polar surface area (TPSA) is 32.7 Å². The molecule has 3 heteroatoms. The summed E-state index contributed by atoms with van der Waals surface area (Å²) in [5, 5.41) is 11.1. The van der Waals surface area contributed by atoms with Crippen LogP contribution in [0.3, 0.4) is 0 Å². The number of aliphatic hydroxyl groups excluding tert-OH is 1. The van der Waals surface area contributed by atoms with Gasteiger partial charge in [-0.3, -0.25) is 4.90 Å². The van der Waals surface area contributed by atoms with E-state index < -0.39 is 0 Å². The van der Waals surface area contributed by atoms with Gasteiger partial charge in [0.05, 0.1) is 18.3 Å². The van der Waals surface area contributed by atoms with Gasteiger partial charge in [-0.25, -0.2) is 0 Å². The number of β-amino-alcohol motifs (C(OH)–C–C–N with tert-alkyl or cyclic N) is 1. The van der Waals surface area contributed by atoms with E-state index in [0.29, 0.717) is 12.2 Å². The highest BCUT2D eigenvalue weighted by Crippen LogP contribution is 2.61. The van der Waals surface area contributed by atoms with Crippen molar-refractivity contribution in [3.8, 4) is 0 Å². The standard InChI is InChI=1S/C18H31NO2/c1-12-9-19(10-13(2)21-12)11-17(20)18-6-14-3-15(7-18)5-16(4-14)8-18/h12-17,20H,3-11H2,1-2H3/t12-,13+,14?,15?,16?,17?,18?. The molecule has 5 rings (SSSR count). The Morgan fingerprint density at radius 2 is 1.48 bits per heavy atom. The summed E-state index contributed by atoms with van der Waals surface area (Å²) in [6.07, 6.45) is 8.76. The smallest absolute Gasteiger partial charge is 0.0723 e. The minimum Gasteiger partial charge on any atom is -0.391 e. The fourth-order valence-corrected chi connectivity index (χ4v) is 6.46. The molecule has 0 aromatic heterocycles. The van der Waals surface area contributed by atoms with E-state index in [2.05, 4.69) is 18.7 Å². The zero-order chi connectivity index (χ0) is 14.6. The van der Waals surface area contributed by atoms with Gasteiger partial charge in [0.25, 0.3) is 0 Å². The van der Waals surface area contributed by atoms with Gasteiger partial charge in [0.2, 0.25) is 0 Å². The molecule has 0 aromatic carbocycles. The third kappa shape index (κ3) is 2.66. The summed E-state index contributed by atoms with van der Waals surface area (Å²) in [5.41, 5.74) is 0.263. The summed E-state index contributed by atoms with van der Waals surface area (Å²) < 4.78 is 5.82. The highest BCUT2D eigenvalue weighted by molar-refractivity contribution is 5.04. The third-order valence-electron chi connectivity index (χ3n) is 6.72. The lowest BCUT2D eigenvalue weighted by molar-refractivity contribution is -0.139. The Morgan fingerprint density at radius 3 is 1.95 bits per heavy atom. The van der Waals surface area contributed by atoms with Crippen molar-refractivity contribution >= 4 is 0 Å². The van der Waals surface area contributed by atoms with Crippen molar-refractivity contribution in [3.05, 3.63) is 0 Å². The maximum absolute atomic E-state index is 11.1. The van der Waals surface area contributed by atoms with Crippen LogP contribution in [0.5, 0.6) is 0 Å². The lowest BCUT2D eigenvalue weighted by Gasteiger charge is -2.59. The predicted molar refractivity (Wildman–Crippen MR) is 83.1 cm³/mol. The molecule has 1 unspecified atom stereocenters. The van der Waals surface area contributed by atoms with Crippen molar-refractivity contribution in [3.63, 3.8) is 0 Å². The molecule has 21 heavy (non-hydrogen) atoms. The van der Waals surface area contributed by atoms with Crippen LogP contribution in [-0.2, 0) is 4.74 Å². The molecule has 3 nitrogen and oxygen atoms in total. The van der Waals surface area contributed by atoms with E-state index in [-0.39, 0.29) is 11.5 Å². The van der Waals surface area contributed by atoms with Crippen LogP contribution in [0, 0.1) is 23.2 Å². The Balaban J connectivity index is 1.44. The second-order valence-electron chi connectivity index (χ2n) is 8.77. The molecule has 0 aromatic rings. The van der Waals surface area contributed by atoms with Crippen LogP contribution in [0.15, 0.2) is 0 Å². The van der Waals surface area contributed by atoms with E-state index in [9.17, 15) is 5.11 Å². The predicted octanol–water partition coefficient (Wildman–Crippen LogP) is 2.67. The summed E-state index contributed by atoms with van der Waals surface area (Å²) in [7, 11) is 0. The van der Waals surface area contributed by atoms with Crippen LogP contribution in [0.25, 0.3) is 0 Å². The van der Waals surface area contributed by atoms with Crippen molar-refractivity contribution in [2.75, 3.05) is 19.6 Å². The normalized spacial score (nSPS) is 51.3. The van der Waals surface area contributed by atoms with Gasteiger partial charge in [0, 0.05) is 19.6 Å². The Labute approximate surface area is 129 Å². The lowest BCUT2D eigenvalue weighted by Crippen LogP contribution is -2.56. The Kier molecular flexibility index (Phi) is 3.59. The first-order valence-electron chi connectivity index (χ1n) is 9.08. The number of ether oxygens (including phenoxy) is 1. The van der Waals surface area contributed by atoms with Gasteiger partial charge in [0.1, 0.15) is 0 Å². The maximum Gasteiger partial charge on any atom is 0.0723 e. The second-order valence-corrected chi connectivity index (χ2v) is 8.77. The van der Waals surface area contributed by atoms with Crippen molar-refractivity contribution in [1.82, 2.24) is 4.90 Å². The number of hydrogen-bond acceptors (Lipinski definition) is 3. The first-order chi connectivity index (χ1) is 10.0. The molecule has 3 atom stereocenters. The molecule has 1 heterocycles. The molecule has 5 aliphatic rings. The second kappa shape index (κ2) is 5.21. The molecule has 120 valence electrons. The Bertz CT molecular complexity index is 351. The van der Waals surface area contributed by atoms with E-state index in [4.69, 9.17) is 4.74 Å². The largest absolute Gasteiger partial charge is 0.391 e. The molecule has 1 saturated heterocycles. The fraction of sp³-hybridized carbons (Fsp3) is 1.00. The minimum absolute atomic E-state index is 0.122. The third-order valence-corrected chi connectivity index (χ3v) is 6.72. The molecule has 1 aliphatic heterocycles. The molecule has 0 amide bonds. The van der Waals surface area contributed by atoms with Crippen molar-refractivity contribution in [2.45, 2.75) is 70.7 Å². The van der Waals surface area contributed by atoms with Gasteiger partial charge in [-0.1, -0.05) is 0 Å². The van der Waals surface area contributed by atoms with Crippen LogP contribution >= 0.6 is 0 Å². The molecular weight excluding hydrogens is 262 g/mol. The van der Waals surface area contributed by atoms with Crippen molar-refractivity contribution in [2.24, 2.45) is 23.2 Å². The Hall–Kier alpha value is -0.120. The number of rotatable bonds is 3. The molecule has 5 fully saturated rings. The minimum atomic E-state index is -0.122. The first kappa shape index (κ1) is 14.5. The van der Waals surface area contributed by atoms with Gasteiger partial charge < -0.3 is 9.84 Å². The van der Waals surface area contributed by atoms with Crippen LogP contribution < -0.4 is 0 Å². The summed E-state index contributed by atoms with van der Waals surface area (Å²) in [4.78, 5) is 2.45. The van der Waals surface area contributed by atoms with E-state index in [1.54, 1.807) is 0 Å². The summed E-state index contributed by atoms with van der Waals surface area (Å²) >= 11 is 0. The quantitative estimate of drug-likeness (QED) is 0.868. The number of morpholine rings is 1. The van der Waals surface area contributed by atoms with E-state index >= 15 is 0 Å². The molecule has 0 radical (unpaired) electrons. The number of hydrogen-bond donors (Lipinski definition) is 1. The number of aliphatic hydroxyl groups is 1. The van der Waals surface area contributed by atoms with E-state index in [1.807, 2.05) is 0 Å². The van der Waals surface area contributed by atoms with Gasteiger partial charge >= 0.3 is 0 Å². The molecule has 0 spiro atoms. The van der Waals surface area contributed by atoms with Crippen LogP contribution in [0.2, 0.25) is 0 Å². The molecule has 4 saturated carbocycles. The molecule has 1 N–H and O–H groups in total. The van der Waals surface area contributed by atoms with Crippen molar-refractivity contribution in [1.29, 1.82) is 0 Å². The molecule has 4 bridgehead atoms. The van der Waals surface area contributed by atoms with Crippen LogP contribution in [0.1, 0.15) is 52.4 Å². The van der Waals surface area contributed by atoms with Crippen LogP contribution in [0.4, 0.5) is 0 Å². The SMILES string of the molecule is C[C@@H]1CN(CC(O)C23CC4CC(CC(C4)C2)C3)C[C@H](C)O1. The lowest BCUT2D eigenvalue weighted by atomic mass is 9.48. The average molecular weight is 293 g/mol. The van der Waals surface area contributed by atoms with Gasteiger partial charge in [-0.15, -0.1) is 0 Å². The monoisotopic (exact) mass is 293 g/mol. The zero-order valence-electron chi connectivity index (χ0n) is 13.6. The zero-order valence-corrected chi connectivity index (χ0v) is 13.6. The number of nitrogens with zero attached hydrogens (tertiary/aromatic N) is 1. The van der Waals surface area contributed by atoms with Gasteiger partial charge in [0.15, 0.2) is 0 Å². The summed E-state index contributed by atoms with van der Waals surface area (Å²) in [6.45, 7) is 7.13. The molecular formula is C18H31NO2. The highest BCUT2D eigenvalue weighted by atomic mass is 16.5. The molecule has 4 aliphatic carbocycles. The summed E-state index contributed by atoms with van der Waals surface area (Å²) in [6, 6.07) is 0. The Morgan fingerprint density at radius 1 is 1.00 bits per heavy atom. The van der Waals surface area contributed by atoms with Gasteiger partial charge in [-0.2, -0.15) is 0 Å². The summed E-state index contributed by atoms with van der Waals surface area (Å²) in [5.74, 6) is 2.77.